The molecular weight excluding hydrogens is 447 g/mol. The molecule has 1 atom stereocenters. The molecule has 3 aromatic rings. The van der Waals surface area contributed by atoms with Crippen LogP contribution < -0.4 is 10.6 Å². The first-order chi connectivity index (χ1) is 16.7. The maximum absolute atomic E-state index is 14.8. The van der Waals surface area contributed by atoms with E-state index in [1.165, 1.54) is 6.07 Å². The molecule has 1 saturated heterocycles. The number of carbonyl (C=O) groups excluding carboxylic acids is 2. The van der Waals surface area contributed by atoms with Crippen LogP contribution >= 0.6 is 0 Å². The van der Waals surface area contributed by atoms with Crippen LogP contribution in [0.2, 0.25) is 0 Å². The number of carbonyl (C=O) groups is 2. The zero-order valence-corrected chi connectivity index (χ0v) is 20.5. The van der Waals surface area contributed by atoms with Gasteiger partial charge in [0.25, 0.3) is 5.91 Å². The van der Waals surface area contributed by atoms with Crippen molar-refractivity contribution in [3.63, 3.8) is 0 Å². The summed E-state index contributed by atoms with van der Waals surface area (Å²) in [4.78, 5) is 26.5. The van der Waals surface area contributed by atoms with Gasteiger partial charge in [0.2, 0.25) is 5.91 Å². The van der Waals surface area contributed by atoms with E-state index < -0.39 is 23.2 Å². The van der Waals surface area contributed by atoms with Gasteiger partial charge in [0.05, 0.1) is 0 Å². The van der Waals surface area contributed by atoms with Crippen LogP contribution in [0.1, 0.15) is 49.7 Å². The molecule has 0 bridgehead atoms. The van der Waals surface area contributed by atoms with Gasteiger partial charge in [0, 0.05) is 31.7 Å². The van der Waals surface area contributed by atoms with Crippen molar-refractivity contribution in [3.8, 4) is 0 Å². The number of hydrogen-bond donors (Lipinski definition) is 2. The lowest BCUT2D eigenvalue weighted by Crippen LogP contribution is -2.53. The normalized spacial score (nSPS) is 15.7. The highest BCUT2D eigenvalue weighted by molar-refractivity contribution is 6.06. The van der Waals surface area contributed by atoms with Gasteiger partial charge in [0.1, 0.15) is 17.4 Å². The minimum absolute atomic E-state index is 0.122. The Kier molecular flexibility index (Phi) is 7.50. The lowest BCUT2D eigenvalue weighted by atomic mass is 9.86. The largest absolute Gasteiger partial charge is 0.381 e. The van der Waals surface area contributed by atoms with Crippen LogP contribution in [0.15, 0.2) is 48.5 Å². The van der Waals surface area contributed by atoms with E-state index in [1.807, 2.05) is 51.1 Å². The molecule has 0 radical (unpaired) electrons. The number of fused-ring (bicyclic) bond motifs is 1. The number of rotatable bonds is 7. The zero-order valence-electron chi connectivity index (χ0n) is 20.5. The molecular formula is C27H33FN4O3. The summed E-state index contributed by atoms with van der Waals surface area (Å²) in [6.07, 6.45) is 1.73. The first kappa shape index (κ1) is 24.9. The first-order valence-electron chi connectivity index (χ1n) is 12.1. The van der Waals surface area contributed by atoms with Crippen molar-refractivity contribution in [1.29, 1.82) is 0 Å². The van der Waals surface area contributed by atoms with E-state index in [9.17, 15) is 14.0 Å². The molecule has 2 N–H and O–H groups in total. The van der Waals surface area contributed by atoms with E-state index in [1.54, 1.807) is 16.8 Å². The Morgan fingerprint density at radius 1 is 1.11 bits per heavy atom. The van der Waals surface area contributed by atoms with Crippen LogP contribution in [-0.4, -0.2) is 40.9 Å². The number of nitrogens with zero attached hydrogens (tertiary/aromatic N) is 2. The van der Waals surface area contributed by atoms with Crippen molar-refractivity contribution in [1.82, 2.24) is 20.4 Å². The van der Waals surface area contributed by atoms with E-state index in [-0.39, 0.29) is 11.6 Å². The minimum Gasteiger partial charge on any atom is -0.381 e. The maximum Gasteiger partial charge on any atom is 0.273 e. The Balaban J connectivity index is 1.56. The lowest BCUT2D eigenvalue weighted by Gasteiger charge is -2.30. The molecule has 2 heterocycles. The first-order valence-corrected chi connectivity index (χ1v) is 12.1. The fraction of sp³-hybridized carbons (Fsp3) is 0.444. The fourth-order valence-electron chi connectivity index (χ4n) is 4.43. The summed E-state index contributed by atoms with van der Waals surface area (Å²) < 4.78 is 21.9. The van der Waals surface area contributed by atoms with Crippen molar-refractivity contribution in [2.45, 2.75) is 52.7 Å². The Morgan fingerprint density at radius 3 is 2.51 bits per heavy atom. The number of amides is 2. The van der Waals surface area contributed by atoms with Gasteiger partial charge in [-0.15, -0.1) is 0 Å². The lowest BCUT2D eigenvalue weighted by molar-refractivity contribution is -0.125. The third kappa shape index (κ3) is 5.88. The maximum atomic E-state index is 14.8. The summed E-state index contributed by atoms with van der Waals surface area (Å²) in [7, 11) is 0. The molecule has 1 unspecified atom stereocenters. The van der Waals surface area contributed by atoms with Gasteiger partial charge in [-0.25, -0.2) is 4.39 Å². The van der Waals surface area contributed by atoms with Crippen molar-refractivity contribution in [3.05, 3.63) is 65.6 Å². The standard InChI is InChI=1S/C27H33FN4O3/c1-27(2,3)24(26(34)29-16-18-8-5-4-6-9-18)30-25(33)22-20-10-7-11-21(28)23(20)32(31-22)17-19-12-14-35-15-13-19/h4-11,19,24H,12-17H2,1-3H3,(H,29,34)(H,30,33). The quantitative estimate of drug-likeness (QED) is 0.534. The van der Waals surface area contributed by atoms with E-state index >= 15 is 0 Å². The van der Waals surface area contributed by atoms with Crippen molar-refractivity contribution >= 4 is 22.7 Å². The van der Waals surface area contributed by atoms with E-state index in [0.29, 0.717) is 43.1 Å². The van der Waals surface area contributed by atoms with E-state index in [2.05, 4.69) is 15.7 Å². The summed E-state index contributed by atoms with van der Waals surface area (Å²) in [5.41, 5.74) is 0.845. The van der Waals surface area contributed by atoms with Gasteiger partial charge in [-0.3, -0.25) is 14.3 Å². The van der Waals surface area contributed by atoms with Gasteiger partial charge in [-0.2, -0.15) is 5.10 Å². The average Bonchev–Trinajstić information content (AvgIpc) is 3.21. The smallest absolute Gasteiger partial charge is 0.273 e. The van der Waals surface area contributed by atoms with Crippen LogP contribution in [0.3, 0.4) is 0 Å². The molecule has 35 heavy (non-hydrogen) atoms. The summed E-state index contributed by atoms with van der Waals surface area (Å²) >= 11 is 0. The second-order valence-electron chi connectivity index (χ2n) is 10.2. The predicted molar refractivity (Wildman–Crippen MR) is 132 cm³/mol. The molecule has 2 amide bonds. The average molecular weight is 481 g/mol. The molecule has 0 aliphatic carbocycles. The molecule has 8 heteroatoms. The molecule has 1 aromatic heterocycles. The second-order valence-corrected chi connectivity index (χ2v) is 10.2. The zero-order chi connectivity index (χ0) is 25.0. The Labute approximate surface area is 205 Å². The molecule has 0 spiro atoms. The SMILES string of the molecule is CC(C)(C)C(NC(=O)c1nn(CC2CCOCC2)c2c(F)cccc12)C(=O)NCc1ccccc1. The van der Waals surface area contributed by atoms with Crippen LogP contribution in [0.4, 0.5) is 4.39 Å². The van der Waals surface area contributed by atoms with Gasteiger partial charge in [-0.05, 0) is 35.8 Å². The van der Waals surface area contributed by atoms with Crippen molar-refractivity contribution in [2.75, 3.05) is 13.2 Å². The number of benzene rings is 2. The number of para-hydroxylation sites is 1. The third-order valence-corrected chi connectivity index (χ3v) is 6.42. The summed E-state index contributed by atoms with van der Waals surface area (Å²) in [6.45, 7) is 7.88. The topological polar surface area (TPSA) is 85.2 Å². The summed E-state index contributed by atoms with van der Waals surface area (Å²) in [6, 6.07) is 13.4. The molecule has 1 aliphatic heterocycles. The molecule has 186 valence electrons. The number of nitrogens with one attached hydrogen (secondary N) is 2. The number of ether oxygens (including phenoxy) is 1. The Bertz CT molecular complexity index is 1180. The molecule has 4 rings (SSSR count). The number of halogens is 1. The summed E-state index contributed by atoms with van der Waals surface area (Å²) in [5, 5.41) is 10.7. The Hall–Kier alpha value is -3.26. The Morgan fingerprint density at radius 2 is 1.83 bits per heavy atom. The molecule has 1 aliphatic rings. The highest BCUT2D eigenvalue weighted by atomic mass is 19.1. The van der Waals surface area contributed by atoms with Gasteiger partial charge >= 0.3 is 0 Å². The highest BCUT2D eigenvalue weighted by Crippen LogP contribution is 2.26. The third-order valence-electron chi connectivity index (χ3n) is 6.42. The molecule has 2 aromatic carbocycles. The van der Waals surface area contributed by atoms with Gasteiger partial charge < -0.3 is 15.4 Å². The van der Waals surface area contributed by atoms with E-state index in [0.717, 1.165) is 18.4 Å². The predicted octanol–water partition coefficient (Wildman–Crippen LogP) is 4.06. The van der Waals surface area contributed by atoms with Crippen molar-refractivity contribution < 1.29 is 18.7 Å². The number of hydrogen-bond acceptors (Lipinski definition) is 4. The number of aromatic nitrogens is 2. The van der Waals surface area contributed by atoms with Crippen molar-refractivity contribution in [2.24, 2.45) is 11.3 Å². The fourth-order valence-corrected chi connectivity index (χ4v) is 4.43. The van der Waals surface area contributed by atoms with Crippen LogP contribution in [-0.2, 0) is 22.6 Å². The molecule has 1 fully saturated rings. The monoisotopic (exact) mass is 480 g/mol. The highest BCUT2D eigenvalue weighted by Gasteiger charge is 2.34. The van der Waals surface area contributed by atoms with Crippen LogP contribution in [0.5, 0.6) is 0 Å². The van der Waals surface area contributed by atoms with Crippen LogP contribution in [0.25, 0.3) is 10.9 Å². The summed E-state index contributed by atoms with van der Waals surface area (Å²) in [5.74, 6) is -0.907. The molecule has 7 nitrogen and oxygen atoms in total. The second kappa shape index (κ2) is 10.6. The van der Waals surface area contributed by atoms with E-state index in [4.69, 9.17) is 4.74 Å². The van der Waals surface area contributed by atoms with Gasteiger partial charge in [-0.1, -0.05) is 63.2 Å². The van der Waals surface area contributed by atoms with Crippen LogP contribution in [0, 0.1) is 17.2 Å². The molecule has 0 saturated carbocycles. The minimum atomic E-state index is -0.803. The van der Waals surface area contributed by atoms with Gasteiger partial charge in [0.15, 0.2) is 5.69 Å².